The summed E-state index contributed by atoms with van der Waals surface area (Å²) >= 11 is 0. The van der Waals surface area contributed by atoms with Crippen LogP contribution in [0.25, 0.3) is 0 Å². The molecule has 0 saturated carbocycles. The van der Waals surface area contributed by atoms with Gasteiger partial charge in [-0.2, -0.15) is 0 Å². The highest BCUT2D eigenvalue weighted by Crippen LogP contribution is 2.10. The monoisotopic (exact) mass is 227 g/mol. The molecule has 0 aliphatic carbocycles. The van der Waals surface area contributed by atoms with Crippen LogP contribution in [0.3, 0.4) is 0 Å². The highest BCUT2D eigenvalue weighted by molar-refractivity contribution is 4.74. The van der Waals surface area contributed by atoms with Crippen molar-refractivity contribution in [2.45, 2.75) is 64.5 Å². The van der Waals surface area contributed by atoms with E-state index in [1.807, 2.05) is 6.08 Å². The second-order valence-corrected chi connectivity index (χ2v) is 4.43. The molecule has 0 bridgehead atoms. The number of hydrogen-bond donors (Lipinski definition) is 1. The molecule has 0 spiro atoms. The summed E-state index contributed by atoms with van der Waals surface area (Å²) in [5.41, 5.74) is 0. The van der Waals surface area contributed by atoms with Gasteiger partial charge in [-0.05, 0) is 39.2 Å². The summed E-state index contributed by atoms with van der Waals surface area (Å²) in [6, 6.07) is 0.508. The number of nitrogens with one attached hydrogen (secondary N) is 1. The number of allylic oxidation sites excluding steroid dienone is 1. The summed E-state index contributed by atoms with van der Waals surface area (Å²) in [6.45, 7) is 9.18. The molecule has 0 aromatic heterocycles. The molecule has 2 heteroatoms. The van der Waals surface area contributed by atoms with E-state index in [1.165, 1.54) is 32.1 Å². The van der Waals surface area contributed by atoms with Gasteiger partial charge < -0.3 is 10.1 Å². The molecular weight excluding hydrogens is 198 g/mol. The van der Waals surface area contributed by atoms with E-state index in [1.54, 1.807) is 7.11 Å². The van der Waals surface area contributed by atoms with E-state index < -0.39 is 0 Å². The highest BCUT2D eigenvalue weighted by Gasteiger charge is 2.14. The van der Waals surface area contributed by atoms with Crippen LogP contribution in [-0.2, 0) is 4.74 Å². The van der Waals surface area contributed by atoms with E-state index in [0.29, 0.717) is 12.1 Å². The maximum atomic E-state index is 5.41. The lowest BCUT2D eigenvalue weighted by Crippen LogP contribution is -2.39. The summed E-state index contributed by atoms with van der Waals surface area (Å²) in [5, 5.41) is 3.57. The van der Waals surface area contributed by atoms with Gasteiger partial charge in [0.15, 0.2) is 0 Å². The minimum Gasteiger partial charge on any atom is -0.380 e. The summed E-state index contributed by atoms with van der Waals surface area (Å²) < 4.78 is 5.41. The van der Waals surface area contributed by atoms with Gasteiger partial charge in [0.25, 0.3) is 0 Å². The molecule has 0 aliphatic rings. The third-order valence-electron chi connectivity index (χ3n) is 3.02. The van der Waals surface area contributed by atoms with Crippen LogP contribution in [0.15, 0.2) is 12.7 Å². The van der Waals surface area contributed by atoms with E-state index in [2.05, 4.69) is 25.7 Å². The fourth-order valence-electron chi connectivity index (χ4n) is 1.83. The van der Waals surface area contributed by atoms with E-state index in [4.69, 9.17) is 4.74 Å². The average molecular weight is 227 g/mol. The van der Waals surface area contributed by atoms with E-state index in [9.17, 15) is 0 Å². The summed E-state index contributed by atoms with van der Waals surface area (Å²) in [4.78, 5) is 0. The lowest BCUT2D eigenvalue weighted by Gasteiger charge is -2.24. The van der Waals surface area contributed by atoms with Crippen LogP contribution >= 0.6 is 0 Å². The van der Waals surface area contributed by atoms with Crippen LogP contribution in [-0.4, -0.2) is 25.8 Å². The minimum atomic E-state index is 0.311. The zero-order valence-electron chi connectivity index (χ0n) is 11.3. The molecule has 0 rings (SSSR count). The summed E-state index contributed by atoms with van der Waals surface area (Å²) in [7, 11) is 1.79. The van der Waals surface area contributed by atoms with Crippen molar-refractivity contribution in [3.63, 3.8) is 0 Å². The second-order valence-electron chi connectivity index (χ2n) is 4.43. The Balaban J connectivity index is 3.68. The van der Waals surface area contributed by atoms with Crippen LogP contribution in [0.4, 0.5) is 0 Å². The maximum absolute atomic E-state index is 5.41. The molecule has 0 radical (unpaired) electrons. The molecule has 16 heavy (non-hydrogen) atoms. The molecule has 0 aromatic rings. The van der Waals surface area contributed by atoms with Crippen molar-refractivity contribution in [1.82, 2.24) is 5.32 Å². The van der Waals surface area contributed by atoms with Crippen LogP contribution in [0, 0.1) is 0 Å². The van der Waals surface area contributed by atoms with Crippen molar-refractivity contribution >= 4 is 0 Å². The SMILES string of the molecule is C=CCCCCCC(NCCC)C(C)OC. The van der Waals surface area contributed by atoms with Crippen molar-refractivity contribution in [3.05, 3.63) is 12.7 Å². The van der Waals surface area contributed by atoms with Crippen molar-refractivity contribution in [2.75, 3.05) is 13.7 Å². The van der Waals surface area contributed by atoms with Gasteiger partial charge in [-0.1, -0.05) is 25.8 Å². The average Bonchev–Trinajstić information content (AvgIpc) is 2.31. The van der Waals surface area contributed by atoms with Gasteiger partial charge in [-0.15, -0.1) is 6.58 Å². The van der Waals surface area contributed by atoms with Crippen LogP contribution in [0.2, 0.25) is 0 Å². The Bertz CT molecular complexity index is 159. The van der Waals surface area contributed by atoms with Gasteiger partial charge in [0.1, 0.15) is 0 Å². The van der Waals surface area contributed by atoms with Crippen molar-refractivity contribution < 1.29 is 4.74 Å². The molecule has 0 fully saturated rings. The predicted molar refractivity (Wildman–Crippen MR) is 71.8 cm³/mol. The lowest BCUT2D eigenvalue weighted by molar-refractivity contribution is 0.0791. The van der Waals surface area contributed by atoms with Crippen molar-refractivity contribution in [2.24, 2.45) is 0 Å². The quantitative estimate of drug-likeness (QED) is 0.431. The first-order valence-electron chi connectivity index (χ1n) is 6.63. The first-order valence-corrected chi connectivity index (χ1v) is 6.63. The number of hydrogen-bond acceptors (Lipinski definition) is 2. The largest absolute Gasteiger partial charge is 0.380 e. The topological polar surface area (TPSA) is 21.3 Å². The van der Waals surface area contributed by atoms with Gasteiger partial charge in [-0.25, -0.2) is 0 Å². The number of ether oxygens (including phenoxy) is 1. The molecule has 2 unspecified atom stereocenters. The summed E-state index contributed by atoms with van der Waals surface area (Å²) in [6.07, 6.45) is 9.71. The number of unbranched alkanes of at least 4 members (excludes halogenated alkanes) is 3. The van der Waals surface area contributed by atoms with Crippen LogP contribution < -0.4 is 5.32 Å². The molecule has 0 heterocycles. The Labute approximate surface area is 101 Å². The molecule has 2 atom stereocenters. The fraction of sp³-hybridized carbons (Fsp3) is 0.857. The zero-order valence-corrected chi connectivity index (χ0v) is 11.3. The van der Waals surface area contributed by atoms with E-state index >= 15 is 0 Å². The zero-order chi connectivity index (χ0) is 12.2. The third kappa shape index (κ3) is 7.89. The molecular formula is C14H29NO. The van der Waals surface area contributed by atoms with E-state index in [-0.39, 0.29) is 0 Å². The summed E-state index contributed by atoms with van der Waals surface area (Å²) in [5.74, 6) is 0. The Hall–Kier alpha value is -0.340. The van der Waals surface area contributed by atoms with Gasteiger partial charge in [0, 0.05) is 13.2 Å². The lowest BCUT2D eigenvalue weighted by atomic mass is 10.0. The molecule has 0 aromatic carbocycles. The van der Waals surface area contributed by atoms with Gasteiger partial charge in [0.2, 0.25) is 0 Å². The minimum absolute atomic E-state index is 0.311. The standard InChI is InChI=1S/C14H29NO/c1-5-7-8-9-10-11-14(13(3)16-4)15-12-6-2/h5,13-15H,1,6-12H2,2-4H3. The number of rotatable bonds is 11. The first kappa shape index (κ1) is 15.7. The van der Waals surface area contributed by atoms with Gasteiger partial charge >= 0.3 is 0 Å². The fourth-order valence-corrected chi connectivity index (χ4v) is 1.83. The molecule has 1 N–H and O–H groups in total. The molecule has 2 nitrogen and oxygen atoms in total. The molecule has 0 saturated heterocycles. The van der Waals surface area contributed by atoms with Crippen LogP contribution in [0.5, 0.6) is 0 Å². The second kappa shape index (κ2) is 11.2. The van der Waals surface area contributed by atoms with Crippen LogP contribution in [0.1, 0.15) is 52.4 Å². The van der Waals surface area contributed by atoms with E-state index in [0.717, 1.165) is 13.0 Å². The Morgan fingerprint density at radius 2 is 2.06 bits per heavy atom. The van der Waals surface area contributed by atoms with Crippen molar-refractivity contribution in [1.29, 1.82) is 0 Å². The Morgan fingerprint density at radius 1 is 1.31 bits per heavy atom. The number of methoxy groups -OCH3 is 1. The maximum Gasteiger partial charge on any atom is 0.0696 e. The molecule has 96 valence electrons. The normalized spacial score (nSPS) is 14.7. The smallest absolute Gasteiger partial charge is 0.0696 e. The Kier molecular flexibility index (Phi) is 10.9. The molecule has 0 aliphatic heterocycles. The third-order valence-corrected chi connectivity index (χ3v) is 3.02. The Morgan fingerprint density at radius 3 is 2.62 bits per heavy atom. The van der Waals surface area contributed by atoms with Gasteiger partial charge in [0.05, 0.1) is 6.10 Å². The van der Waals surface area contributed by atoms with Gasteiger partial charge in [-0.3, -0.25) is 0 Å². The van der Waals surface area contributed by atoms with Crippen molar-refractivity contribution in [3.8, 4) is 0 Å². The first-order chi connectivity index (χ1) is 7.76. The predicted octanol–water partition coefficient (Wildman–Crippen LogP) is 3.53. The molecule has 0 amide bonds. The highest BCUT2D eigenvalue weighted by atomic mass is 16.5.